The van der Waals surface area contributed by atoms with Crippen molar-refractivity contribution in [1.29, 1.82) is 5.26 Å². The van der Waals surface area contributed by atoms with E-state index in [1.807, 2.05) is 0 Å². The van der Waals surface area contributed by atoms with Crippen LogP contribution in [0.3, 0.4) is 0 Å². The maximum absolute atomic E-state index is 12.2. The molecule has 0 N–H and O–H groups in total. The highest BCUT2D eigenvalue weighted by Gasteiger charge is 2.34. The van der Waals surface area contributed by atoms with E-state index >= 15 is 0 Å². The average molecular weight is 236 g/mol. The second kappa shape index (κ2) is 4.58. The quantitative estimate of drug-likeness (QED) is 0.791. The Balaban J connectivity index is 2.11. The van der Waals surface area contributed by atoms with Crippen LogP contribution in [-0.2, 0) is 0 Å². The SMILES string of the molecule is Cc1nnsc1C(=O)N(CCC#N)C1CC1. The highest BCUT2D eigenvalue weighted by molar-refractivity contribution is 7.07. The van der Waals surface area contributed by atoms with Crippen LogP contribution in [-0.4, -0.2) is 33.0 Å². The molecule has 1 aromatic heterocycles. The number of nitriles is 1. The molecule has 1 aliphatic carbocycles. The van der Waals surface area contributed by atoms with Crippen molar-refractivity contribution in [1.82, 2.24) is 14.5 Å². The molecule has 0 bridgehead atoms. The summed E-state index contributed by atoms with van der Waals surface area (Å²) in [7, 11) is 0. The topological polar surface area (TPSA) is 69.9 Å². The summed E-state index contributed by atoms with van der Waals surface area (Å²) in [6.07, 6.45) is 2.47. The van der Waals surface area contributed by atoms with Crippen LogP contribution in [0.2, 0.25) is 0 Å². The van der Waals surface area contributed by atoms with E-state index in [1.54, 1.807) is 11.8 Å². The first-order chi connectivity index (χ1) is 7.74. The first-order valence-electron chi connectivity index (χ1n) is 5.21. The Bertz CT molecular complexity index is 432. The molecule has 6 heteroatoms. The zero-order valence-electron chi connectivity index (χ0n) is 9.01. The lowest BCUT2D eigenvalue weighted by molar-refractivity contribution is 0.0751. The summed E-state index contributed by atoms with van der Waals surface area (Å²) in [4.78, 5) is 14.5. The minimum absolute atomic E-state index is 0.0229. The molecule has 0 saturated heterocycles. The lowest BCUT2D eigenvalue weighted by Gasteiger charge is -2.20. The lowest BCUT2D eigenvalue weighted by atomic mass is 10.3. The summed E-state index contributed by atoms with van der Waals surface area (Å²) in [5.74, 6) is -0.0229. The highest BCUT2D eigenvalue weighted by atomic mass is 32.1. The van der Waals surface area contributed by atoms with Gasteiger partial charge in [-0.1, -0.05) is 4.49 Å². The molecule has 5 nitrogen and oxygen atoms in total. The average Bonchev–Trinajstić information content (AvgIpc) is 3.01. The molecular weight excluding hydrogens is 224 g/mol. The van der Waals surface area contributed by atoms with Gasteiger partial charge in [0.15, 0.2) is 0 Å². The second-order valence-electron chi connectivity index (χ2n) is 3.83. The second-order valence-corrected chi connectivity index (χ2v) is 4.58. The predicted octanol–water partition coefficient (Wildman–Crippen LogP) is 1.36. The monoisotopic (exact) mass is 236 g/mol. The van der Waals surface area contributed by atoms with Crippen LogP contribution >= 0.6 is 11.5 Å². The van der Waals surface area contributed by atoms with E-state index in [0.29, 0.717) is 29.6 Å². The Kier molecular flexibility index (Phi) is 3.15. The fourth-order valence-corrected chi connectivity index (χ4v) is 2.18. The Morgan fingerprint density at radius 3 is 2.94 bits per heavy atom. The molecule has 0 atom stereocenters. The van der Waals surface area contributed by atoms with E-state index in [2.05, 4.69) is 15.7 Å². The summed E-state index contributed by atoms with van der Waals surface area (Å²) >= 11 is 1.13. The molecule has 1 aliphatic rings. The minimum Gasteiger partial charge on any atom is -0.334 e. The number of carbonyl (C=O) groups excluding carboxylic acids is 1. The molecule has 1 aromatic rings. The number of hydrogen-bond acceptors (Lipinski definition) is 5. The van der Waals surface area contributed by atoms with E-state index in [1.165, 1.54) is 0 Å². The van der Waals surface area contributed by atoms with Gasteiger partial charge >= 0.3 is 0 Å². The zero-order chi connectivity index (χ0) is 11.5. The standard InChI is InChI=1S/C10H12N4OS/c1-7-9(16-13-12-7)10(15)14(6-2-5-11)8-3-4-8/h8H,2-4,6H2,1H3. The molecule has 0 aromatic carbocycles. The van der Waals surface area contributed by atoms with Gasteiger partial charge in [-0.05, 0) is 31.3 Å². The molecule has 2 rings (SSSR count). The molecule has 1 heterocycles. The lowest BCUT2D eigenvalue weighted by Crippen LogP contribution is -2.33. The van der Waals surface area contributed by atoms with Crippen LogP contribution in [0.4, 0.5) is 0 Å². The first kappa shape index (κ1) is 11.0. The molecule has 0 radical (unpaired) electrons. The maximum atomic E-state index is 12.2. The highest BCUT2D eigenvalue weighted by Crippen LogP contribution is 2.29. The van der Waals surface area contributed by atoms with Crippen molar-refractivity contribution < 1.29 is 4.79 Å². The van der Waals surface area contributed by atoms with Crippen molar-refractivity contribution in [3.05, 3.63) is 10.6 Å². The van der Waals surface area contributed by atoms with Crippen LogP contribution in [0.5, 0.6) is 0 Å². The van der Waals surface area contributed by atoms with Crippen LogP contribution < -0.4 is 0 Å². The van der Waals surface area contributed by atoms with Gasteiger partial charge < -0.3 is 4.90 Å². The van der Waals surface area contributed by atoms with E-state index in [9.17, 15) is 4.79 Å². The number of aromatic nitrogens is 2. The van der Waals surface area contributed by atoms with Gasteiger partial charge in [-0.2, -0.15) is 5.26 Å². The van der Waals surface area contributed by atoms with Crippen molar-refractivity contribution in [2.45, 2.75) is 32.2 Å². The molecule has 1 fully saturated rings. The Morgan fingerprint density at radius 1 is 1.69 bits per heavy atom. The third kappa shape index (κ3) is 2.19. The maximum Gasteiger partial charge on any atom is 0.267 e. The van der Waals surface area contributed by atoms with Crippen molar-refractivity contribution in [3.63, 3.8) is 0 Å². The van der Waals surface area contributed by atoms with E-state index in [0.717, 1.165) is 24.4 Å². The Morgan fingerprint density at radius 2 is 2.44 bits per heavy atom. The predicted molar refractivity (Wildman–Crippen MR) is 58.9 cm³/mol. The fraction of sp³-hybridized carbons (Fsp3) is 0.600. The number of nitrogens with zero attached hydrogens (tertiary/aromatic N) is 4. The van der Waals surface area contributed by atoms with Crippen LogP contribution in [0, 0.1) is 18.3 Å². The number of rotatable bonds is 4. The minimum atomic E-state index is -0.0229. The molecular formula is C10H12N4OS. The van der Waals surface area contributed by atoms with E-state index < -0.39 is 0 Å². The third-order valence-electron chi connectivity index (χ3n) is 2.56. The van der Waals surface area contributed by atoms with E-state index in [-0.39, 0.29) is 5.91 Å². The van der Waals surface area contributed by atoms with Gasteiger partial charge in [-0.15, -0.1) is 5.10 Å². The smallest absolute Gasteiger partial charge is 0.267 e. The summed E-state index contributed by atoms with van der Waals surface area (Å²) in [6, 6.07) is 2.40. The number of amides is 1. The van der Waals surface area contributed by atoms with Crippen LogP contribution in [0.25, 0.3) is 0 Å². The van der Waals surface area contributed by atoms with Crippen molar-refractivity contribution in [3.8, 4) is 6.07 Å². The third-order valence-corrected chi connectivity index (χ3v) is 3.37. The van der Waals surface area contributed by atoms with Gasteiger partial charge in [-0.3, -0.25) is 4.79 Å². The number of carbonyl (C=O) groups is 1. The van der Waals surface area contributed by atoms with Gasteiger partial charge in [0, 0.05) is 12.6 Å². The Labute approximate surface area is 97.8 Å². The zero-order valence-corrected chi connectivity index (χ0v) is 9.83. The molecule has 16 heavy (non-hydrogen) atoms. The molecule has 0 spiro atoms. The van der Waals surface area contributed by atoms with Gasteiger partial charge in [0.25, 0.3) is 5.91 Å². The van der Waals surface area contributed by atoms with Gasteiger partial charge in [0.1, 0.15) is 4.88 Å². The number of aryl methyl sites for hydroxylation is 1. The first-order valence-corrected chi connectivity index (χ1v) is 5.98. The normalized spacial score (nSPS) is 14.5. The van der Waals surface area contributed by atoms with Crippen LogP contribution in [0.1, 0.15) is 34.6 Å². The largest absolute Gasteiger partial charge is 0.334 e. The van der Waals surface area contributed by atoms with Gasteiger partial charge in [0.2, 0.25) is 0 Å². The van der Waals surface area contributed by atoms with Gasteiger partial charge in [0.05, 0.1) is 18.2 Å². The van der Waals surface area contributed by atoms with Crippen LogP contribution in [0.15, 0.2) is 0 Å². The summed E-state index contributed by atoms with van der Waals surface area (Å²) < 4.78 is 3.76. The molecule has 1 amide bonds. The summed E-state index contributed by atoms with van der Waals surface area (Å²) in [6.45, 7) is 2.30. The molecule has 0 aliphatic heterocycles. The molecule has 84 valence electrons. The summed E-state index contributed by atoms with van der Waals surface area (Å²) in [5.41, 5.74) is 0.678. The van der Waals surface area contributed by atoms with Crippen molar-refractivity contribution in [2.75, 3.05) is 6.54 Å². The van der Waals surface area contributed by atoms with Crippen molar-refractivity contribution >= 4 is 17.4 Å². The van der Waals surface area contributed by atoms with Gasteiger partial charge in [-0.25, -0.2) is 0 Å². The molecule has 0 unspecified atom stereocenters. The molecule has 1 saturated carbocycles. The van der Waals surface area contributed by atoms with E-state index in [4.69, 9.17) is 5.26 Å². The van der Waals surface area contributed by atoms with Crippen molar-refractivity contribution in [2.24, 2.45) is 0 Å². The summed E-state index contributed by atoms with van der Waals surface area (Å²) in [5, 5.41) is 12.4. The Hall–Kier alpha value is -1.48. The fourth-order valence-electron chi connectivity index (χ4n) is 1.56. The number of hydrogen-bond donors (Lipinski definition) is 0.